The largest absolute Gasteiger partial charge is 0.485 e. The zero-order valence-electron chi connectivity index (χ0n) is 11.1. The van der Waals surface area contributed by atoms with Gasteiger partial charge in [-0.15, -0.1) is 0 Å². The molecule has 1 amide bonds. The van der Waals surface area contributed by atoms with Crippen molar-refractivity contribution in [3.63, 3.8) is 0 Å². The number of carbonyl (C=O) groups excluding carboxylic acids is 2. The lowest BCUT2D eigenvalue weighted by atomic mass is 10.2. The Labute approximate surface area is 121 Å². The van der Waals surface area contributed by atoms with Crippen molar-refractivity contribution in [1.82, 2.24) is 0 Å². The summed E-state index contributed by atoms with van der Waals surface area (Å²) in [5, 5.41) is 2.71. The average Bonchev–Trinajstić information content (AvgIpc) is 2.54. The molecule has 0 saturated carbocycles. The minimum absolute atomic E-state index is 0.149. The molecule has 1 heterocycles. The number of amides is 1. The van der Waals surface area contributed by atoms with Crippen molar-refractivity contribution < 1.29 is 19.1 Å². The number of fused-ring (bicyclic) bond motifs is 1. The number of nitrogens with one attached hydrogen (secondary N) is 1. The Balaban J connectivity index is 1.70. The molecule has 1 aliphatic rings. The molecule has 1 N–H and O–H groups in total. The van der Waals surface area contributed by atoms with Gasteiger partial charge in [0.1, 0.15) is 12.9 Å². The van der Waals surface area contributed by atoms with E-state index in [1.165, 1.54) is 0 Å². The fourth-order valence-electron chi connectivity index (χ4n) is 2.06. The normalized spacial score (nSPS) is 16.1. The molecule has 0 saturated heterocycles. The Bertz CT molecular complexity index is 683. The summed E-state index contributed by atoms with van der Waals surface area (Å²) in [4.78, 5) is 22.9. The van der Waals surface area contributed by atoms with Crippen molar-refractivity contribution in [2.75, 3.05) is 11.9 Å². The third kappa shape index (κ3) is 2.86. The Morgan fingerprint density at radius 1 is 1.14 bits per heavy atom. The summed E-state index contributed by atoms with van der Waals surface area (Å²) in [5.74, 6) is 0.864. The topological polar surface area (TPSA) is 64.6 Å². The first kappa shape index (κ1) is 13.2. The van der Waals surface area contributed by atoms with Crippen LogP contribution in [-0.4, -0.2) is 24.9 Å². The molecular formula is C16H13NO4. The van der Waals surface area contributed by atoms with E-state index in [4.69, 9.17) is 9.47 Å². The third-order valence-corrected chi connectivity index (χ3v) is 3.09. The van der Waals surface area contributed by atoms with Gasteiger partial charge in [-0.3, -0.25) is 9.59 Å². The van der Waals surface area contributed by atoms with Crippen LogP contribution in [0.25, 0.3) is 0 Å². The highest BCUT2D eigenvalue weighted by atomic mass is 16.6. The maximum atomic E-state index is 12.2. The van der Waals surface area contributed by atoms with Crippen LogP contribution in [-0.2, 0) is 4.79 Å². The summed E-state index contributed by atoms with van der Waals surface area (Å²) >= 11 is 0. The summed E-state index contributed by atoms with van der Waals surface area (Å²) < 4.78 is 11.1. The molecule has 2 aromatic rings. The number of anilines is 1. The zero-order chi connectivity index (χ0) is 14.7. The third-order valence-electron chi connectivity index (χ3n) is 3.09. The molecule has 1 aliphatic heterocycles. The van der Waals surface area contributed by atoms with Gasteiger partial charge >= 0.3 is 0 Å². The highest BCUT2D eigenvalue weighted by Gasteiger charge is 2.27. The summed E-state index contributed by atoms with van der Waals surface area (Å²) in [7, 11) is 0. The van der Waals surface area contributed by atoms with Crippen molar-refractivity contribution in [2.45, 2.75) is 6.10 Å². The maximum Gasteiger partial charge on any atom is 0.269 e. The van der Waals surface area contributed by atoms with Gasteiger partial charge in [-0.05, 0) is 24.3 Å². The molecule has 0 spiro atoms. The Morgan fingerprint density at radius 2 is 1.95 bits per heavy atom. The molecule has 106 valence electrons. The van der Waals surface area contributed by atoms with Gasteiger partial charge < -0.3 is 14.8 Å². The van der Waals surface area contributed by atoms with E-state index in [-0.39, 0.29) is 12.5 Å². The van der Waals surface area contributed by atoms with Crippen LogP contribution >= 0.6 is 0 Å². The summed E-state index contributed by atoms with van der Waals surface area (Å²) in [5.41, 5.74) is 1.05. The second-order valence-electron chi connectivity index (χ2n) is 4.60. The number of ether oxygens (including phenoxy) is 2. The van der Waals surface area contributed by atoms with E-state index >= 15 is 0 Å². The molecule has 21 heavy (non-hydrogen) atoms. The van der Waals surface area contributed by atoms with Gasteiger partial charge in [0.15, 0.2) is 11.5 Å². The van der Waals surface area contributed by atoms with Gasteiger partial charge in [0.2, 0.25) is 6.10 Å². The van der Waals surface area contributed by atoms with E-state index in [2.05, 4.69) is 5.32 Å². The number of aldehydes is 1. The highest BCUT2D eigenvalue weighted by Crippen LogP contribution is 2.31. The van der Waals surface area contributed by atoms with Crippen molar-refractivity contribution in [3.8, 4) is 11.5 Å². The summed E-state index contributed by atoms with van der Waals surface area (Å²) in [6.45, 7) is 0.149. The lowest BCUT2D eigenvalue weighted by Gasteiger charge is -2.25. The molecule has 5 heteroatoms. The highest BCUT2D eigenvalue weighted by molar-refractivity contribution is 5.95. The molecule has 0 radical (unpaired) electrons. The van der Waals surface area contributed by atoms with Gasteiger partial charge in [-0.1, -0.05) is 24.3 Å². The average molecular weight is 283 g/mol. The van der Waals surface area contributed by atoms with Crippen LogP contribution in [0.15, 0.2) is 48.5 Å². The van der Waals surface area contributed by atoms with E-state index in [0.717, 1.165) is 6.29 Å². The van der Waals surface area contributed by atoms with Crippen molar-refractivity contribution >= 4 is 17.9 Å². The molecule has 0 fully saturated rings. The molecular weight excluding hydrogens is 270 g/mol. The lowest BCUT2D eigenvalue weighted by Crippen LogP contribution is -2.40. The quantitative estimate of drug-likeness (QED) is 0.878. The monoisotopic (exact) mass is 283 g/mol. The van der Waals surface area contributed by atoms with E-state index < -0.39 is 6.10 Å². The van der Waals surface area contributed by atoms with Crippen LogP contribution in [0.1, 0.15) is 10.4 Å². The minimum Gasteiger partial charge on any atom is -0.485 e. The molecule has 0 bridgehead atoms. The van der Waals surface area contributed by atoms with Crippen LogP contribution in [0, 0.1) is 0 Å². The standard InChI is InChI=1S/C16H13NO4/c18-9-11-4-3-5-12(8-11)17-16(19)15-10-20-13-6-1-2-7-14(13)21-15/h1-9,15H,10H2,(H,17,19). The fourth-order valence-corrected chi connectivity index (χ4v) is 2.06. The zero-order valence-corrected chi connectivity index (χ0v) is 11.1. The van der Waals surface area contributed by atoms with Crippen LogP contribution in [0.2, 0.25) is 0 Å². The second kappa shape index (κ2) is 5.66. The second-order valence-corrected chi connectivity index (χ2v) is 4.60. The van der Waals surface area contributed by atoms with Gasteiger partial charge in [0.25, 0.3) is 5.91 Å². The van der Waals surface area contributed by atoms with Crippen molar-refractivity contribution in [1.29, 1.82) is 0 Å². The number of benzene rings is 2. The number of hydrogen-bond acceptors (Lipinski definition) is 4. The number of rotatable bonds is 3. The number of carbonyl (C=O) groups is 2. The van der Waals surface area contributed by atoms with Gasteiger partial charge in [0.05, 0.1) is 0 Å². The van der Waals surface area contributed by atoms with Crippen molar-refractivity contribution in [3.05, 3.63) is 54.1 Å². The maximum absolute atomic E-state index is 12.2. The molecule has 2 aromatic carbocycles. The lowest BCUT2D eigenvalue weighted by molar-refractivity contribution is -0.125. The number of hydrogen-bond donors (Lipinski definition) is 1. The Hall–Kier alpha value is -2.82. The van der Waals surface area contributed by atoms with Crippen LogP contribution in [0.4, 0.5) is 5.69 Å². The van der Waals surface area contributed by atoms with E-state index in [9.17, 15) is 9.59 Å². The Morgan fingerprint density at radius 3 is 2.76 bits per heavy atom. The molecule has 1 atom stereocenters. The molecule has 5 nitrogen and oxygen atoms in total. The van der Waals surface area contributed by atoms with Crippen LogP contribution in [0.5, 0.6) is 11.5 Å². The fraction of sp³-hybridized carbons (Fsp3) is 0.125. The summed E-state index contributed by atoms with van der Waals surface area (Å²) in [6.07, 6.45) is 0.00588. The molecule has 0 aliphatic carbocycles. The van der Waals surface area contributed by atoms with Gasteiger partial charge in [-0.2, -0.15) is 0 Å². The first-order valence-electron chi connectivity index (χ1n) is 6.51. The van der Waals surface area contributed by atoms with E-state index in [1.54, 1.807) is 36.4 Å². The Kier molecular flexibility index (Phi) is 3.55. The minimum atomic E-state index is -0.722. The van der Waals surface area contributed by atoms with E-state index in [0.29, 0.717) is 22.7 Å². The number of para-hydroxylation sites is 2. The first-order valence-corrected chi connectivity index (χ1v) is 6.51. The molecule has 0 aromatic heterocycles. The predicted molar refractivity (Wildman–Crippen MR) is 76.8 cm³/mol. The van der Waals surface area contributed by atoms with Crippen molar-refractivity contribution in [2.24, 2.45) is 0 Å². The van der Waals surface area contributed by atoms with Crippen LogP contribution < -0.4 is 14.8 Å². The van der Waals surface area contributed by atoms with Gasteiger partial charge in [-0.25, -0.2) is 0 Å². The summed E-state index contributed by atoms with van der Waals surface area (Å²) in [6, 6.07) is 13.9. The van der Waals surface area contributed by atoms with Gasteiger partial charge in [0, 0.05) is 11.3 Å². The molecule has 1 unspecified atom stereocenters. The smallest absolute Gasteiger partial charge is 0.269 e. The predicted octanol–water partition coefficient (Wildman–Crippen LogP) is 2.28. The SMILES string of the molecule is O=Cc1cccc(NC(=O)C2COc3ccccc3O2)c1. The van der Waals surface area contributed by atoms with Crippen LogP contribution in [0.3, 0.4) is 0 Å². The van der Waals surface area contributed by atoms with E-state index in [1.807, 2.05) is 12.1 Å². The molecule has 3 rings (SSSR count). The first-order chi connectivity index (χ1) is 10.3.